The summed E-state index contributed by atoms with van der Waals surface area (Å²) in [6.07, 6.45) is 0. The molecular formula is C26H29N3O11S2. The van der Waals surface area contributed by atoms with E-state index in [2.05, 4.69) is 0 Å². The number of aliphatic carboxylic acids is 2. The lowest BCUT2D eigenvalue weighted by molar-refractivity contribution is -0.140. The second kappa shape index (κ2) is 13.2. The molecular weight excluding hydrogens is 594 g/mol. The van der Waals surface area contributed by atoms with Crippen LogP contribution in [0.3, 0.4) is 0 Å². The topological polar surface area (TPSA) is 226 Å². The Morgan fingerprint density at radius 2 is 1.67 bits per heavy atom. The first-order valence-electron chi connectivity index (χ1n) is 12.0. The van der Waals surface area contributed by atoms with Crippen LogP contribution < -0.4 is 20.1 Å². The number of hydrogen-bond donors (Lipinski definition) is 6. The first-order chi connectivity index (χ1) is 19.7. The van der Waals surface area contributed by atoms with Gasteiger partial charge in [0.25, 0.3) is 0 Å². The molecule has 0 saturated heterocycles. The molecule has 0 bridgehead atoms. The third kappa shape index (κ3) is 6.96. The molecule has 0 fully saturated rings. The summed E-state index contributed by atoms with van der Waals surface area (Å²) in [5.74, 6) is -6.46. The van der Waals surface area contributed by atoms with Crippen molar-refractivity contribution in [2.45, 2.75) is 21.9 Å². The molecule has 3 aromatic carbocycles. The molecule has 0 aromatic heterocycles. The van der Waals surface area contributed by atoms with E-state index >= 15 is 0 Å². The van der Waals surface area contributed by atoms with Gasteiger partial charge in [-0.3, -0.25) is 9.59 Å². The standard InChI is InChI=1S/C26H29N3O11S2/c1-29(2)18-8-4-7-14-13(18)6-5-9-20(14)42(37,38)28-17(25(34)35)11-40-26(36)15-10-19(39-3)21(30)22(31)23(15)41-12-16(27)24(32)33/h4-10,16-17,28,30-31H,11-12,27H2,1-3H3,(H,32,33)(H,34,35)/t16-,17-/m0/s1. The van der Waals surface area contributed by atoms with Gasteiger partial charge in [-0.15, -0.1) is 11.8 Å². The van der Waals surface area contributed by atoms with Crippen LogP contribution in [0.25, 0.3) is 10.8 Å². The molecule has 0 amide bonds. The van der Waals surface area contributed by atoms with Crippen LogP contribution in [0.1, 0.15) is 10.4 Å². The van der Waals surface area contributed by atoms with Crippen molar-refractivity contribution in [1.82, 2.24) is 4.72 Å². The minimum atomic E-state index is -4.45. The number of nitrogens with zero attached hydrogens (tertiary/aromatic N) is 1. The van der Waals surface area contributed by atoms with E-state index in [4.69, 9.17) is 20.3 Å². The van der Waals surface area contributed by atoms with Gasteiger partial charge in [-0.1, -0.05) is 24.3 Å². The van der Waals surface area contributed by atoms with Gasteiger partial charge in [-0.05, 0) is 18.2 Å². The average molecular weight is 624 g/mol. The van der Waals surface area contributed by atoms with E-state index in [9.17, 15) is 38.1 Å². The lowest BCUT2D eigenvalue weighted by Gasteiger charge is -2.19. The van der Waals surface area contributed by atoms with Crippen LogP contribution in [0.4, 0.5) is 5.69 Å². The van der Waals surface area contributed by atoms with Crippen molar-refractivity contribution >= 4 is 56.2 Å². The number of anilines is 1. The van der Waals surface area contributed by atoms with E-state index in [0.717, 1.165) is 18.9 Å². The number of phenolic OH excluding ortho intramolecular Hbond substituents is 2. The van der Waals surface area contributed by atoms with E-state index in [-0.39, 0.29) is 21.3 Å². The molecule has 7 N–H and O–H groups in total. The predicted octanol–water partition coefficient (Wildman–Crippen LogP) is 1.42. The summed E-state index contributed by atoms with van der Waals surface area (Å²) < 4.78 is 38.7. The summed E-state index contributed by atoms with van der Waals surface area (Å²) >= 11 is 0.620. The number of methoxy groups -OCH3 is 1. The zero-order valence-electron chi connectivity index (χ0n) is 22.6. The molecule has 3 rings (SSSR count). The van der Waals surface area contributed by atoms with E-state index in [0.29, 0.717) is 22.5 Å². The number of thioether (sulfide) groups is 1. The molecule has 16 heteroatoms. The van der Waals surface area contributed by atoms with E-state index < -0.39 is 63.7 Å². The average Bonchev–Trinajstić information content (AvgIpc) is 2.94. The number of sulfonamides is 1. The number of aromatic hydroxyl groups is 2. The van der Waals surface area contributed by atoms with Gasteiger partial charge in [-0.25, -0.2) is 13.2 Å². The van der Waals surface area contributed by atoms with E-state index in [1.807, 2.05) is 4.72 Å². The van der Waals surface area contributed by atoms with Gasteiger partial charge in [0.2, 0.25) is 15.8 Å². The van der Waals surface area contributed by atoms with Gasteiger partial charge in [0.05, 0.1) is 22.5 Å². The molecule has 0 radical (unpaired) electrons. The number of hydrogen-bond acceptors (Lipinski definition) is 12. The summed E-state index contributed by atoms with van der Waals surface area (Å²) in [5.41, 5.74) is 5.81. The number of fused-ring (bicyclic) bond motifs is 1. The van der Waals surface area contributed by atoms with Crippen molar-refractivity contribution in [3.63, 3.8) is 0 Å². The zero-order chi connectivity index (χ0) is 31.4. The highest BCUT2D eigenvalue weighted by Gasteiger charge is 2.30. The normalized spacial score (nSPS) is 12.9. The maximum absolute atomic E-state index is 13.3. The molecule has 2 atom stereocenters. The Morgan fingerprint density at radius 1 is 1.02 bits per heavy atom. The third-order valence-corrected chi connectivity index (χ3v) is 8.72. The van der Waals surface area contributed by atoms with Crippen molar-refractivity contribution in [3.05, 3.63) is 48.0 Å². The lowest BCUT2D eigenvalue weighted by Crippen LogP contribution is -2.44. The predicted molar refractivity (Wildman–Crippen MR) is 153 cm³/mol. The van der Waals surface area contributed by atoms with Crippen molar-refractivity contribution in [1.29, 1.82) is 0 Å². The fraction of sp³-hybridized carbons (Fsp3) is 0.269. The monoisotopic (exact) mass is 623 g/mol. The molecule has 0 aliphatic heterocycles. The fourth-order valence-corrected chi connectivity index (χ4v) is 6.26. The first-order valence-corrected chi connectivity index (χ1v) is 14.5. The summed E-state index contributed by atoms with van der Waals surface area (Å²) in [5, 5.41) is 40.3. The maximum atomic E-state index is 13.3. The molecule has 42 heavy (non-hydrogen) atoms. The highest BCUT2D eigenvalue weighted by Crippen LogP contribution is 2.45. The van der Waals surface area contributed by atoms with Crippen molar-refractivity contribution in [2.75, 3.05) is 38.5 Å². The van der Waals surface area contributed by atoms with Crippen molar-refractivity contribution in [2.24, 2.45) is 5.73 Å². The fourth-order valence-electron chi connectivity index (χ4n) is 3.85. The van der Waals surface area contributed by atoms with Crippen LogP contribution in [-0.4, -0.2) is 92.4 Å². The number of carbonyl (C=O) groups is 3. The second-order valence-corrected chi connectivity index (χ2v) is 11.8. The summed E-state index contributed by atoms with van der Waals surface area (Å²) in [4.78, 5) is 37.4. The van der Waals surface area contributed by atoms with Gasteiger partial charge in [0.15, 0.2) is 17.5 Å². The minimum absolute atomic E-state index is 0.192. The Labute approximate surface area is 244 Å². The molecule has 0 unspecified atom stereocenters. The van der Waals surface area contributed by atoms with Gasteiger partial charge >= 0.3 is 17.9 Å². The van der Waals surface area contributed by atoms with Crippen LogP contribution in [-0.2, 0) is 24.3 Å². The minimum Gasteiger partial charge on any atom is -0.503 e. The van der Waals surface area contributed by atoms with E-state index in [1.165, 1.54) is 12.1 Å². The first kappa shape index (κ1) is 32.3. The molecule has 0 saturated carbocycles. The molecule has 14 nitrogen and oxygen atoms in total. The maximum Gasteiger partial charge on any atom is 0.339 e. The largest absolute Gasteiger partial charge is 0.503 e. The number of carboxylic acids is 2. The van der Waals surface area contributed by atoms with Crippen molar-refractivity contribution < 1.29 is 52.7 Å². The van der Waals surface area contributed by atoms with Gasteiger partial charge in [0.1, 0.15) is 12.6 Å². The number of carboxylic acid groups (broad SMARTS) is 2. The Bertz CT molecular complexity index is 1630. The second-order valence-electron chi connectivity index (χ2n) is 9.04. The number of rotatable bonds is 13. The van der Waals surface area contributed by atoms with Crippen LogP contribution in [0.15, 0.2) is 52.3 Å². The molecule has 0 aliphatic rings. The molecule has 226 valence electrons. The number of nitrogens with two attached hydrogens (primary N) is 1. The van der Waals surface area contributed by atoms with Crippen LogP contribution >= 0.6 is 11.8 Å². The smallest absolute Gasteiger partial charge is 0.339 e. The number of esters is 1. The Morgan fingerprint density at radius 3 is 2.26 bits per heavy atom. The van der Waals surface area contributed by atoms with E-state index in [1.54, 1.807) is 43.3 Å². The highest BCUT2D eigenvalue weighted by atomic mass is 32.2. The van der Waals surface area contributed by atoms with Crippen LogP contribution in [0.5, 0.6) is 17.2 Å². The zero-order valence-corrected chi connectivity index (χ0v) is 24.2. The SMILES string of the molecule is COc1cc(C(=O)OC[C@H](NS(=O)(=O)c2cccc3c(N(C)C)cccc23)C(=O)O)c(SC[C@H](N)C(=O)O)c(O)c1O. The molecule has 3 aromatic rings. The van der Waals surface area contributed by atoms with Gasteiger partial charge in [-0.2, -0.15) is 4.72 Å². The molecule has 0 spiro atoms. The highest BCUT2D eigenvalue weighted by molar-refractivity contribution is 7.99. The summed E-state index contributed by atoms with van der Waals surface area (Å²) in [7, 11) is 0.266. The quantitative estimate of drug-likeness (QED) is 0.0899. The number of ether oxygens (including phenoxy) is 2. The van der Waals surface area contributed by atoms with Gasteiger partial charge < -0.3 is 40.5 Å². The lowest BCUT2D eigenvalue weighted by atomic mass is 10.1. The summed E-state index contributed by atoms with van der Waals surface area (Å²) in [6, 6.07) is 7.26. The third-order valence-electron chi connectivity index (χ3n) is 5.96. The van der Waals surface area contributed by atoms with Crippen LogP contribution in [0.2, 0.25) is 0 Å². The number of benzene rings is 3. The Hall–Kier alpha value is -4.25. The number of phenols is 2. The summed E-state index contributed by atoms with van der Waals surface area (Å²) in [6.45, 7) is -0.968. The Balaban J connectivity index is 1.89. The Kier molecular flexibility index (Phi) is 10.1. The van der Waals surface area contributed by atoms with Gasteiger partial charge in [0, 0.05) is 36.3 Å². The number of nitrogens with one attached hydrogen (secondary N) is 1. The van der Waals surface area contributed by atoms with Crippen molar-refractivity contribution in [3.8, 4) is 17.2 Å². The molecule has 0 heterocycles. The number of carbonyl (C=O) groups excluding carboxylic acids is 1. The molecule has 0 aliphatic carbocycles. The van der Waals surface area contributed by atoms with Crippen LogP contribution in [0, 0.1) is 0 Å².